The first-order valence-electron chi connectivity index (χ1n) is 11.8. The van der Waals surface area contributed by atoms with Crippen molar-refractivity contribution in [3.63, 3.8) is 0 Å². The molecule has 2 aromatic rings. The lowest BCUT2D eigenvalue weighted by Crippen LogP contribution is -2.36. The second-order valence-corrected chi connectivity index (χ2v) is 11.1. The summed E-state index contributed by atoms with van der Waals surface area (Å²) in [5.74, 6) is 1.89. The van der Waals surface area contributed by atoms with Crippen LogP contribution in [0.25, 0.3) is 0 Å². The Morgan fingerprint density at radius 3 is 2.22 bits per heavy atom. The fraction of sp³-hybridized carbons (Fsp3) is 0.625. The maximum absolute atomic E-state index is 11.6. The lowest BCUT2D eigenvalue weighted by atomic mass is 9.83. The molecule has 1 aliphatic heterocycles. The minimum absolute atomic E-state index is 0.147. The number of hydrogen-bond acceptors (Lipinski definition) is 7. The first-order valence-corrected chi connectivity index (χ1v) is 13.6. The fourth-order valence-corrected chi connectivity index (χ4v) is 5.24. The van der Waals surface area contributed by atoms with Gasteiger partial charge in [-0.2, -0.15) is 0 Å². The molecule has 1 saturated heterocycles. The van der Waals surface area contributed by atoms with Crippen LogP contribution >= 0.6 is 0 Å². The van der Waals surface area contributed by atoms with Gasteiger partial charge in [0.15, 0.2) is 14.9 Å². The lowest BCUT2D eigenvalue weighted by Gasteiger charge is -2.34. The molecular weight excluding hydrogens is 424 g/mol. The average molecular weight is 459 g/mol. The van der Waals surface area contributed by atoms with Gasteiger partial charge in [-0.15, -0.1) is 0 Å². The van der Waals surface area contributed by atoms with Crippen molar-refractivity contribution < 1.29 is 13.2 Å². The molecule has 8 heteroatoms. The molecule has 32 heavy (non-hydrogen) atoms. The van der Waals surface area contributed by atoms with Gasteiger partial charge in [0.1, 0.15) is 0 Å². The normalized spacial score (nSPS) is 22.8. The van der Waals surface area contributed by atoms with E-state index in [1.807, 2.05) is 18.5 Å². The molecule has 4 rings (SSSR count). The monoisotopic (exact) mass is 458 g/mol. The Morgan fingerprint density at radius 1 is 0.969 bits per heavy atom. The third-order valence-electron chi connectivity index (χ3n) is 6.85. The van der Waals surface area contributed by atoms with Crippen LogP contribution in [0.2, 0.25) is 0 Å². The molecule has 7 nitrogen and oxygen atoms in total. The van der Waals surface area contributed by atoms with E-state index in [0.29, 0.717) is 17.9 Å². The Balaban J connectivity index is 1.18. The quantitative estimate of drug-likeness (QED) is 0.624. The summed E-state index contributed by atoms with van der Waals surface area (Å²) in [7, 11) is -3.24. The van der Waals surface area contributed by atoms with E-state index in [0.717, 1.165) is 76.2 Å². The molecule has 0 spiro atoms. The highest BCUT2D eigenvalue weighted by atomic mass is 32.2. The summed E-state index contributed by atoms with van der Waals surface area (Å²) in [6.45, 7) is 4.93. The van der Waals surface area contributed by atoms with E-state index in [1.54, 1.807) is 12.3 Å². The number of hydrogen-bond donors (Lipinski definition) is 0. The van der Waals surface area contributed by atoms with Crippen LogP contribution in [0.3, 0.4) is 0 Å². The Morgan fingerprint density at radius 2 is 1.66 bits per heavy atom. The molecule has 0 atom stereocenters. The predicted molar refractivity (Wildman–Crippen MR) is 125 cm³/mol. The Labute approximate surface area is 191 Å². The molecule has 2 aliphatic rings. The van der Waals surface area contributed by atoms with Crippen LogP contribution in [0.4, 0.5) is 5.95 Å². The predicted octanol–water partition coefficient (Wildman–Crippen LogP) is 3.80. The molecular formula is C24H34N4O3S. The summed E-state index contributed by atoms with van der Waals surface area (Å²) >= 11 is 0. The summed E-state index contributed by atoms with van der Waals surface area (Å²) in [5, 5.41) is 0.147. The van der Waals surface area contributed by atoms with Crippen molar-refractivity contribution in [2.75, 3.05) is 30.9 Å². The number of anilines is 1. The van der Waals surface area contributed by atoms with Gasteiger partial charge in [0.25, 0.3) is 0 Å². The van der Waals surface area contributed by atoms with Crippen LogP contribution in [0, 0.1) is 5.92 Å². The Hall–Kier alpha value is -2.06. The van der Waals surface area contributed by atoms with Gasteiger partial charge in [0, 0.05) is 44.5 Å². The summed E-state index contributed by atoms with van der Waals surface area (Å²) in [6.07, 6.45) is 14.6. The number of aryl methyl sites for hydroxylation is 1. The highest BCUT2D eigenvalue weighted by molar-refractivity contribution is 7.90. The highest BCUT2D eigenvalue weighted by Crippen LogP contribution is 2.34. The minimum atomic E-state index is -3.24. The van der Waals surface area contributed by atoms with Gasteiger partial charge >= 0.3 is 0 Å². The molecule has 0 bridgehead atoms. The summed E-state index contributed by atoms with van der Waals surface area (Å²) in [5.41, 5.74) is 2.31. The van der Waals surface area contributed by atoms with E-state index in [4.69, 9.17) is 4.74 Å². The van der Waals surface area contributed by atoms with Crippen LogP contribution in [0.1, 0.15) is 62.5 Å². The molecule has 0 N–H and O–H groups in total. The number of ether oxygens (including phenoxy) is 1. The standard InChI is InChI=1S/C24H34N4O3S/c1-3-18-14-26-24(27-15-18)28-12-10-19(11-13-28)17-31-22-7-4-20(5-8-22)21-6-9-23(25-16-21)32(2,29)30/h6,9,14-16,19-20,22H,3-5,7-8,10-13,17H2,1-2H3/t20-,22-. The maximum Gasteiger partial charge on any atom is 0.225 e. The van der Waals surface area contributed by atoms with Crippen LogP contribution < -0.4 is 4.90 Å². The SMILES string of the molecule is CCc1cnc(N2CCC(CO[C@H]3CC[C@H](c4ccc(S(C)(=O)=O)nc4)CC3)CC2)nc1. The van der Waals surface area contributed by atoms with Gasteiger partial charge in [-0.05, 0) is 74.0 Å². The third-order valence-corrected chi connectivity index (χ3v) is 7.85. The van der Waals surface area contributed by atoms with E-state index < -0.39 is 9.84 Å². The van der Waals surface area contributed by atoms with Gasteiger partial charge in [-0.3, -0.25) is 0 Å². The Bertz CT molecular complexity index is 963. The maximum atomic E-state index is 11.6. The fourth-order valence-electron chi connectivity index (χ4n) is 4.68. The van der Waals surface area contributed by atoms with Crippen molar-refractivity contribution in [3.05, 3.63) is 41.9 Å². The van der Waals surface area contributed by atoms with E-state index in [-0.39, 0.29) is 5.03 Å². The molecule has 3 heterocycles. The van der Waals surface area contributed by atoms with Crippen LogP contribution in [0.5, 0.6) is 0 Å². The van der Waals surface area contributed by atoms with Crippen molar-refractivity contribution in [2.24, 2.45) is 5.92 Å². The molecule has 174 valence electrons. The number of nitrogens with zero attached hydrogens (tertiary/aromatic N) is 4. The zero-order valence-electron chi connectivity index (χ0n) is 19.1. The van der Waals surface area contributed by atoms with E-state index in [9.17, 15) is 8.42 Å². The molecule has 1 saturated carbocycles. The van der Waals surface area contributed by atoms with E-state index in [1.165, 1.54) is 11.8 Å². The van der Waals surface area contributed by atoms with Crippen molar-refractivity contribution in [1.82, 2.24) is 15.0 Å². The van der Waals surface area contributed by atoms with E-state index in [2.05, 4.69) is 26.8 Å². The molecule has 1 aliphatic carbocycles. The van der Waals surface area contributed by atoms with Crippen molar-refractivity contribution in [2.45, 2.75) is 68.9 Å². The smallest absolute Gasteiger partial charge is 0.225 e. The van der Waals surface area contributed by atoms with Crippen molar-refractivity contribution in [3.8, 4) is 0 Å². The average Bonchev–Trinajstić information content (AvgIpc) is 2.83. The van der Waals surface area contributed by atoms with Gasteiger partial charge in [-0.25, -0.2) is 23.4 Å². The zero-order valence-corrected chi connectivity index (χ0v) is 19.9. The molecule has 2 fully saturated rings. The number of sulfone groups is 1. The zero-order chi connectivity index (χ0) is 22.6. The second kappa shape index (κ2) is 10.3. The number of aromatic nitrogens is 3. The second-order valence-electron chi connectivity index (χ2n) is 9.18. The van der Waals surface area contributed by atoms with Crippen LogP contribution in [0.15, 0.2) is 35.7 Å². The third kappa shape index (κ3) is 5.84. The summed E-state index contributed by atoms with van der Waals surface area (Å²) < 4.78 is 29.5. The molecule has 0 unspecified atom stereocenters. The first-order chi connectivity index (χ1) is 15.4. The Kier molecular flexibility index (Phi) is 7.40. The van der Waals surface area contributed by atoms with Gasteiger partial charge in [0.05, 0.1) is 6.10 Å². The lowest BCUT2D eigenvalue weighted by molar-refractivity contribution is 0.000543. The summed E-state index contributed by atoms with van der Waals surface area (Å²) in [4.78, 5) is 15.5. The highest BCUT2D eigenvalue weighted by Gasteiger charge is 2.26. The topological polar surface area (TPSA) is 85.3 Å². The van der Waals surface area contributed by atoms with Crippen LogP contribution in [-0.4, -0.2) is 55.4 Å². The number of pyridine rings is 1. The molecule has 0 aromatic carbocycles. The minimum Gasteiger partial charge on any atom is -0.378 e. The number of piperidine rings is 1. The molecule has 0 radical (unpaired) electrons. The van der Waals surface area contributed by atoms with Crippen molar-refractivity contribution in [1.29, 1.82) is 0 Å². The number of rotatable bonds is 7. The first kappa shape index (κ1) is 23.1. The van der Waals surface area contributed by atoms with Gasteiger partial charge in [-0.1, -0.05) is 13.0 Å². The largest absolute Gasteiger partial charge is 0.378 e. The summed E-state index contributed by atoms with van der Waals surface area (Å²) in [6, 6.07) is 3.55. The molecule has 0 amide bonds. The molecule has 2 aromatic heterocycles. The van der Waals surface area contributed by atoms with E-state index >= 15 is 0 Å². The van der Waals surface area contributed by atoms with Crippen molar-refractivity contribution >= 4 is 15.8 Å². The van der Waals surface area contributed by atoms with Crippen LogP contribution in [-0.2, 0) is 21.0 Å². The van der Waals surface area contributed by atoms with Gasteiger partial charge in [0.2, 0.25) is 5.95 Å². The van der Waals surface area contributed by atoms with Gasteiger partial charge < -0.3 is 9.64 Å².